The first kappa shape index (κ1) is 9.92. The van der Waals surface area contributed by atoms with Gasteiger partial charge in [0.15, 0.2) is 5.82 Å². The summed E-state index contributed by atoms with van der Waals surface area (Å²) in [6.45, 7) is 0. The Morgan fingerprint density at radius 1 is 1.60 bits per heavy atom. The number of aromatic nitrogens is 2. The summed E-state index contributed by atoms with van der Waals surface area (Å²) >= 11 is 5.45. The second-order valence-electron chi connectivity index (χ2n) is 2.97. The van der Waals surface area contributed by atoms with Crippen molar-refractivity contribution < 1.29 is 4.39 Å². The molecule has 0 radical (unpaired) electrons. The maximum absolute atomic E-state index is 13.7. The van der Waals surface area contributed by atoms with E-state index in [0.717, 1.165) is 0 Å². The maximum Gasteiger partial charge on any atom is 0.159 e. The van der Waals surface area contributed by atoms with Crippen LogP contribution >= 0.6 is 11.6 Å². The second-order valence-corrected chi connectivity index (χ2v) is 3.23. The van der Waals surface area contributed by atoms with Gasteiger partial charge in [0.1, 0.15) is 11.5 Å². The van der Waals surface area contributed by atoms with E-state index in [2.05, 4.69) is 15.2 Å². The van der Waals surface area contributed by atoms with Crippen LogP contribution in [0.1, 0.15) is 0 Å². The average Bonchev–Trinajstić information content (AvgIpc) is 2.70. The zero-order valence-corrected chi connectivity index (χ0v) is 8.42. The molecule has 0 spiro atoms. The van der Waals surface area contributed by atoms with Gasteiger partial charge in [0.25, 0.3) is 0 Å². The Balaban J connectivity index is 2.57. The van der Waals surface area contributed by atoms with Crippen molar-refractivity contribution >= 4 is 34.0 Å². The predicted molar refractivity (Wildman–Crippen MR) is 58.1 cm³/mol. The molecule has 0 atom stereocenters. The molecule has 0 unspecified atom stereocenters. The Morgan fingerprint density at radius 3 is 3.13 bits per heavy atom. The van der Waals surface area contributed by atoms with Gasteiger partial charge in [-0.2, -0.15) is 5.10 Å². The van der Waals surface area contributed by atoms with E-state index in [-0.39, 0.29) is 17.4 Å². The number of halogens is 2. The summed E-state index contributed by atoms with van der Waals surface area (Å²) in [5.74, 6) is -0.198. The van der Waals surface area contributed by atoms with Crippen LogP contribution in [0.15, 0.2) is 23.3 Å². The number of hydrogen-bond donors (Lipinski definition) is 2. The molecule has 0 bridgehead atoms. The fraction of sp³-hybridized carbons (Fsp3) is 0.111. The zero-order chi connectivity index (χ0) is 10.8. The highest BCUT2D eigenvalue weighted by Crippen LogP contribution is 2.25. The monoisotopic (exact) mass is 226 g/mol. The molecule has 6 heteroatoms. The van der Waals surface area contributed by atoms with Gasteiger partial charge in [-0.05, 0) is 12.1 Å². The van der Waals surface area contributed by atoms with E-state index >= 15 is 0 Å². The van der Waals surface area contributed by atoms with Crippen LogP contribution in [0.5, 0.6) is 0 Å². The standard InChI is InChI=1S/C9H8ClFN4/c10-3-8(12)14-7-2-1-6-5(9(7)11)4-13-15-6/h1-2,4H,3H2,(H2,12,14)(H,13,15). The molecule has 15 heavy (non-hydrogen) atoms. The van der Waals surface area contributed by atoms with Crippen LogP contribution in [0.25, 0.3) is 10.9 Å². The maximum atomic E-state index is 13.7. The highest BCUT2D eigenvalue weighted by atomic mass is 35.5. The minimum absolute atomic E-state index is 0.0723. The van der Waals surface area contributed by atoms with Crippen molar-refractivity contribution in [2.75, 3.05) is 5.88 Å². The number of benzene rings is 1. The topological polar surface area (TPSA) is 67.1 Å². The molecule has 1 aromatic heterocycles. The van der Waals surface area contributed by atoms with Crippen molar-refractivity contribution in [1.82, 2.24) is 10.2 Å². The summed E-state index contributed by atoms with van der Waals surface area (Å²) in [6, 6.07) is 3.21. The molecule has 2 aromatic rings. The SMILES string of the molecule is NC(CCl)=Nc1ccc2[nH]ncc2c1F. The largest absolute Gasteiger partial charge is 0.386 e. The quantitative estimate of drug-likeness (QED) is 0.467. The number of fused-ring (bicyclic) bond motifs is 1. The molecule has 0 amide bonds. The van der Waals surface area contributed by atoms with Crippen LogP contribution in [0.3, 0.4) is 0 Å². The number of aromatic amines is 1. The summed E-state index contributed by atoms with van der Waals surface area (Å²) in [4.78, 5) is 3.85. The summed E-state index contributed by atoms with van der Waals surface area (Å²) in [5.41, 5.74) is 6.21. The van der Waals surface area contributed by atoms with Crippen LogP contribution in [-0.4, -0.2) is 21.9 Å². The van der Waals surface area contributed by atoms with Gasteiger partial charge in [0, 0.05) is 0 Å². The van der Waals surface area contributed by atoms with Crippen molar-refractivity contribution in [3.05, 3.63) is 24.1 Å². The Morgan fingerprint density at radius 2 is 2.40 bits per heavy atom. The summed E-state index contributed by atoms with van der Waals surface area (Å²) in [7, 11) is 0. The van der Waals surface area contributed by atoms with E-state index in [4.69, 9.17) is 17.3 Å². The second kappa shape index (κ2) is 3.86. The minimum Gasteiger partial charge on any atom is -0.386 e. The molecule has 0 fully saturated rings. The van der Waals surface area contributed by atoms with Crippen LogP contribution in [0.2, 0.25) is 0 Å². The first-order valence-electron chi connectivity index (χ1n) is 4.23. The summed E-state index contributed by atoms with van der Waals surface area (Å²) < 4.78 is 13.7. The molecule has 0 aliphatic heterocycles. The van der Waals surface area contributed by atoms with Crippen molar-refractivity contribution in [1.29, 1.82) is 0 Å². The van der Waals surface area contributed by atoms with E-state index < -0.39 is 5.82 Å². The Bertz CT molecular complexity index is 520. The normalized spacial score (nSPS) is 12.3. The van der Waals surface area contributed by atoms with Crippen molar-refractivity contribution in [2.45, 2.75) is 0 Å². The molecule has 1 heterocycles. The molecular weight excluding hydrogens is 219 g/mol. The molecule has 0 saturated carbocycles. The molecule has 1 aromatic carbocycles. The van der Waals surface area contributed by atoms with Gasteiger partial charge in [-0.1, -0.05) is 0 Å². The first-order chi connectivity index (χ1) is 7.22. The number of H-pyrrole nitrogens is 1. The van der Waals surface area contributed by atoms with Gasteiger partial charge in [-0.25, -0.2) is 9.38 Å². The van der Waals surface area contributed by atoms with Crippen LogP contribution in [0.4, 0.5) is 10.1 Å². The van der Waals surface area contributed by atoms with Gasteiger partial charge >= 0.3 is 0 Å². The van der Waals surface area contributed by atoms with Gasteiger partial charge in [-0.15, -0.1) is 11.6 Å². The lowest BCUT2D eigenvalue weighted by atomic mass is 10.2. The molecule has 4 nitrogen and oxygen atoms in total. The van der Waals surface area contributed by atoms with Crippen LogP contribution in [0, 0.1) is 5.82 Å². The first-order valence-corrected chi connectivity index (χ1v) is 4.76. The Kier molecular flexibility index (Phi) is 2.55. The Hall–Kier alpha value is -1.62. The van der Waals surface area contributed by atoms with E-state index in [0.29, 0.717) is 10.9 Å². The van der Waals surface area contributed by atoms with Gasteiger partial charge < -0.3 is 5.73 Å². The smallest absolute Gasteiger partial charge is 0.159 e. The van der Waals surface area contributed by atoms with Crippen molar-refractivity contribution in [3.63, 3.8) is 0 Å². The number of aliphatic imine (C=N–C) groups is 1. The molecule has 2 rings (SSSR count). The fourth-order valence-corrected chi connectivity index (χ4v) is 1.30. The highest BCUT2D eigenvalue weighted by Gasteiger charge is 2.08. The molecule has 0 aliphatic rings. The third-order valence-electron chi connectivity index (χ3n) is 1.94. The number of nitrogens with zero attached hydrogens (tertiary/aromatic N) is 2. The van der Waals surface area contributed by atoms with Gasteiger partial charge in [0.05, 0.1) is 23.0 Å². The van der Waals surface area contributed by atoms with Gasteiger partial charge in [-0.3, -0.25) is 5.10 Å². The molecule has 0 aliphatic carbocycles. The molecule has 78 valence electrons. The highest BCUT2D eigenvalue weighted by molar-refractivity contribution is 6.28. The third-order valence-corrected chi connectivity index (χ3v) is 2.21. The summed E-state index contributed by atoms with van der Waals surface area (Å²) in [5, 5.41) is 6.78. The lowest BCUT2D eigenvalue weighted by Gasteiger charge is -1.99. The minimum atomic E-state index is -0.450. The number of rotatable bonds is 2. The van der Waals surface area contributed by atoms with E-state index in [1.807, 2.05) is 0 Å². The predicted octanol–water partition coefficient (Wildman–Crippen LogP) is 1.93. The average molecular weight is 227 g/mol. The summed E-state index contributed by atoms with van der Waals surface area (Å²) in [6.07, 6.45) is 1.40. The number of nitrogens with one attached hydrogen (secondary N) is 1. The molecule has 3 N–H and O–H groups in total. The lowest BCUT2D eigenvalue weighted by molar-refractivity contribution is 0.642. The number of alkyl halides is 1. The molecule has 0 saturated heterocycles. The van der Waals surface area contributed by atoms with Crippen molar-refractivity contribution in [3.8, 4) is 0 Å². The number of hydrogen-bond acceptors (Lipinski definition) is 2. The number of nitrogens with two attached hydrogens (primary N) is 1. The fourth-order valence-electron chi connectivity index (χ4n) is 1.24. The van der Waals surface area contributed by atoms with E-state index in [9.17, 15) is 4.39 Å². The third kappa shape index (κ3) is 1.78. The van der Waals surface area contributed by atoms with E-state index in [1.54, 1.807) is 6.07 Å². The van der Waals surface area contributed by atoms with E-state index in [1.165, 1.54) is 12.3 Å². The van der Waals surface area contributed by atoms with Crippen LogP contribution in [-0.2, 0) is 0 Å². The zero-order valence-electron chi connectivity index (χ0n) is 7.67. The van der Waals surface area contributed by atoms with Crippen molar-refractivity contribution in [2.24, 2.45) is 10.7 Å². The lowest BCUT2D eigenvalue weighted by Crippen LogP contribution is -2.12. The van der Waals surface area contributed by atoms with Gasteiger partial charge in [0.2, 0.25) is 0 Å². The Labute approximate surface area is 89.9 Å². The van der Waals surface area contributed by atoms with Crippen LogP contribution < -0.4 is 5.73 Å². The molecular formula is C9H8ClFN4. The number of amidine groups is 1.